The average Bonchev–Trinajstić information content (AvgIpc) is 2.56. The van der Waals surface area contributed by atoms with E-state index in [0.717, 1.165) is 0 Å². The zero-order valence-electron chi connectivity index (χ0n) is 12.2. The van der Waals surface area contributed by atoms with Crippen molar-refractivity contribution in [3.63, 3.8) is 0 Å². The molecule has 1 unspecified atom stereocenters. The first kappa shape index (κ1) is 20.0. The average molecular weight is 366 g/mol. The lowest BCUT2D eigenvalue weighted by molar-refractivity contribution is -0.286. The SMILES string of the molecule is O=C(CC(C(=O)CF)C(=O)Nc1ccccn1)OOC(=O)C(F)(F)F. The van der Waals surface area contributed by atoms with Gasteiger partial charge in [0.05, 0.1) is 6.42 Å². The number of halogens is 4. The predicted octanol–water partition coefficient (Wildman–Crippen LogP) is 1.13. The van der Waals surface area contributed by atoms with Crippen molar-refractivity contribution in [2.75, 3.05) is 12.0 Å². The van der Waals surface area contributed by atoms with Crippen LogP contribution in [0.5, 0.6) is 0 Å². The zero-order valence-corrected chi connectivity index (χ0v) is 12.2. The molecule has 1 heterocycles. The van der Waals surface area contributed by atoms with Crippen LogP contribution in [0.2, 0.25) is 0 Å². The van der Waals surface area contributed by atoms with E-state index in [4.69, 9.17) is 0 Å². The van der Waals surface area contributed by atoms with Crippen LogP contribution in [-0.4, -0.2) is 41.5 Å². The van der Waals surface area contributed by atoms with Crippen molar-refractivity contribution < 1.29 is 46.5 Å². The van der Waals surface area contributed by atoms with Crippen molar-refractivity contribution in [2.24, 2.45) is 5.92 Å². The van der Waals surface area contributed by atoms with Crippen molar-refractivity contribution in [2.45, 2.75) is 12.6 Å². The molecule has 0 saturated carbocycles. The molecule has 0 spiro atoms. The molecule has 12 heteroatoms. The van der Waals surface area contributed by atoms with Crippen LogP contribution in [0, 0.1) is 5.92 Å². The second-order valence-electron chi connectivity index (χ2n) is 4.38. The number of carbonyl (C=O) groups excluding carboxylic acids is 4. The number of hydrogen-bond acceptors (Lipinski definition) is 7. The Labute approximate surface area is 137 Å². The zero-order chi connectivity index (χ0) is 19.0. The van der Waals surface area contributed by atoms with Gasteiger partial charge in [0, 0.05) is 6.20 Å². The number of Topliss-reactive ketones (excluding diaryl/α,β-unsaturated/α-hetero) is 1. The molecule has 0 saturated heterocycles. The number of ketones is 1. The first-order chi connectivity index (χ1) is 11.6. The molecular formula is C13H10F4N2O6. The highest BCUT2D eigenvalue weighted by Gasteiger charge is 2.43. The largest absolute Gasteiger partial charge is 0.495 e. The smallest absolute Gasteiger partial charge is 0.310 e. The lowest BCUT2D eigenvalue weighted by Gasteiger charge is -2.13. The highest BCUT2D eigenvalue weighted by molar-refractivity contribution is 6.09. The summed E-state index contributed by atoms with van der Waals surface area (Å²) in [5, 5.41) is 2.12. The van der Waals surface area contributed by atoms with Gasteiger partial charge in [-0.25, -0.2) is 28.7 Å². The summed E-state index contributed by atoms with van der Waals surface area (Å²) >= 11 is 0. The summed E-state index contributed by atoms with van der Waals surface area (Å²) in [7, 11) is 0. The van der Waals surface area contributed by atoms with Gasteiger partial charge in [-0.3, -0.25) is 9.59 Å². The maximum absolute atomic E-state index is 12.5. The molecule has 0 radical (unpaired) electrons. The lowest BCUT2D eigenvalue weighted by atomic mass is 10.00. The third kappa shape index (κ3) is 6.53. The van der Waals surface area contributed by atoms with E-state index in [0.29, 0.717) is 0 Å². The van der Waals surface area contributed by atoms with E-state index in [1.165, 1.54) is 24.4 Å². The fraction of sp³-hybridized carbons (Fsp3) is 0.308. The first-order valence-electron chi connectivity index (χ1n) is 6.44. The third-order valence-corrected chi connectivity index (χ3v) is 2.57. The van der Waals surface area contributed by atoms with Gasteiger partial charge in [0.2, 0.25) is 5.91 Å². The Kier molecular flexibility index (Phi) is 6.96. The molecular weight excluding hydrogens is 356 g/mol. The number of nitrogens with one attached hydrogen (secondary N) is 1. The Morgan fingerprint density at radius 1 is 1.16 bits per heavy atom. The second kappa shape index (κ2) is 8.70. The van der Waals surface area contributed by atoms with Gasteiger partial charge in [0.1, 0.15) is 18.4 Å². The van der Waals surface area contributed by atoms with E-state index in [2.05, 4.69) is 20.1 Å². The minimum absolute atomic E-state index is 0.0129. The van der Waals surface area contributed by atoms with Crippen molar-refractivity contribution in [1.82, 2.24) is 4.98 Å². The Morgan fingerprint density at radius 2 is 1.84 bits per heavy atom. The van der Waals surface area contributed by atoms with Gasteiger partial charge in [0.25, 0.3) is 0 Å². The van der Waals surface area contributed by atoms with Crippen molar-refractivity contribution in [3.8, 4) is 0 Å². The van der Waals surface area contributed by atoms with E-state index in [1.807, 2.05) is 0 Å². The summed E-state index contributed by atoms with van der Waals surface area (Å²) in [5.41, 5.74) is 0. The summed E-state index contributed by atoms with van der Waals surface area (Å²) < 4.78 is 48.1. The van der Waals surface area contributed by atoms with Gasteiger partial charge in [-0.2, -0.15) is 13.2 Å². The molecule has 0 aliphatic heterocycles. The van der Waals surface area contributed by atoms with Crippen LogP contribution in [0.3, 0.4) is 0 Å². The Bertz CT molecular complexity index is 650. The molecule has 0 fully saturated rings. The molecule has 1 atom stereocenters. The molecule has 1 aromatic rings. The molecule has 0 aromatic carbocycles. The predicted molar refractivity (Wildman–Crippen MR) is 70.2 cm³/mol. The summed E-state index contributed by atoms with van der Waals surface area (Å²) in [6.07, 6.45) is -5.26. The standard InChI is InChI=1S/C13H10F4N2O6/c14-6-8(20)7(11(22)19-9-3-1-2-4-18-9)5-10(21)24-25-12(23)13(15,16)17/h1-4,7H,5-6H2,(H,18,19,22). The minimum atomic E-state index is -5.41. The van der Waals surface area contributed by atoms with Gasteiger partial charge in [-0.1, -0.05) is 6.07 Å². The minimum Gasteiger partial charge on any atom is -0.310 e. The number of anilines is 1. The summed E-state index contributed by atoms with van der Waals surface area (Å²) in [6.45, 7) is -1.62. The maximum Gasteiger partial charge on any atom is 0.495 e. The van der Waals surface area contributed by atoms with Gasteiger partial charge >= 0.3 is 18.1 Å². The van der Waals surface area contributed by atoms with Gasteiger partial charge in [-0.05, 0) is 12.1 Å². The van der Waals surface area contributed by atoms with Gasteiger partial charge < -0.3 is 5.32 Å². The van der Waals surface area contributed by atoms with Crippen LogP contribution in [0.15, 0.2) is 24.4 Å². The van der Waals surface area contributed by atoms with Crippen LogP contribution >= 0.6 is 0 Å². The first-order valence-corrected chi connectivity index (χ1v) is 6.44. The number of rotatable bonds is 6. The van der Waals surface area contributed by atoms with E-state index in [1.54, 1.807) is 0 Å². The molecule has 25 heavy (non-hydrogen) atoms. The maximum atomic E-state index is 12.5. The van der Waals surface area contributed by atoms with Crippen LogP contribution in [0.1, 0.15) is 6.42 Å². The van der Waals surface area contributed by atoms with E-state index in [-0.39, 0.29) is 5.82 Å². The lowest BCUT2D eigenvalue weighted by Crippen LogP contribution is -2.34. The normalized spacial score (nSPS) is 12.0. The molecule has 0 aliphatic rings. The second-order valence-corrected chi connectivity index (χ2v) is 4.38. The Hall–Kier alpha value is -3.05. The number of amides is 1. The number of nitrogens with zero attached hydrogens (tertiary/aromatic N) is 1. The van der Waals surface area contributed by atoms with E-state index >= 15 is 0 Å². The number of pyridine rings is 1. The molecule has 1 amide bonds. The van der Waals surface area contributed by atoms with E-state index in [9.17, 15) is 36.7 Å². The highest BCUT2D eigenvalue weighted by Crippen LogP contribution is 2.17. The Balaban J connectivity index is 2.69. The molecule has 136 valence electrons. The molecule has 1 N–H and O–H groups in total. The summed E-state index contributed by atoms with van der Waals surface area (Å²) in [5.74, 6) is -8.86. The fourth-order valence-electron chi connectivity index (χ4n) is 1.43. The van der Waals surface area contributed by atoms with Crippen LogP contribution in [-0.2, 0) is 29.0 Å². The van der Waals surface area contributed by atoms with Crippen molar-refractivity contribution in [1.29, 1.82) is 0 Å². The Morgan fingerprint density at radius 3 is 2.36 bits per heavy atom. The topological polar surface area (TPSA) is 112 Å². The van der Waals surface area contributed by atoms with Crippen LogP contribution < -0.4 is 5.32 Å². The third-order valence-electron chi connectivity index (χ3n) is 2.57. The molecule has 1 aromatic heterocycles. The number of hydrogen-bond donors (Lipinski definition) is 1. The van der Waals surface area contributed by atoms with Crippen LogP contribution in [0.25, 0.3) is 0 Å². The molecule has 1 rings (SSSR count). The highest BCUT2D eigenvalue weighted by atomic mass is 19.4. The fourth-order valence-corrected chi connectivity index (χ4v) is 1.43. The number of carbonyl (C=O) groups is 4. The number of alkyl halides is 4. The molecule has 8 nitrogen and oxygen atoms in total. The van der Waals surface area contributed by atoms with Crippen molar-refractivity contribution in [3.05, 3.63) is 24.4 Å². The summed E-state index contributed by atoms with van der Waals surface area (Å²) in [6, 6.07) is 4.34. The number of aromatic nitrogens is 1. The molecule has 0 aliphatic carbocycles. The van der Waals surface area contributed by atoms with Gasteiger partial charge in [0.15, 0.2) is 5.78 Å². The van der Waals surface area contributed by atoms with Crippen molar-refractivity contribution >= 4 is 29.4 Å². The van der Waals surface area contributed by atoms with E-state index < -0.39 is 48.8 Å². The van der Waals surface area contributed by atoms with Gasteiger partial charge in [-0.15, -0.1) is 0 Å². The monoisotopic (exact) mass is 366 g/mol. The summed E-state index contributed by atoms with van der Waals surface area (Å²) in [4.78, 5) is 55.5. The molecule has 0 bridgehead atoms. The van der Waals surface area contributed by atoms with Crippen LogP contribution in [0.4, 0.5) is 23.4 Å². The quantitative estimate of drug-likeness (QED) is 0.348.